The molecular formula is C26H23Cl2F4N3O3S. The van der Waals surface area contributed by atoms with Crippen molar-refractivity contribution in [2.45, 2.75) is 17.6 Å². The molecule has 4 rings (SSSR count). The van der Waals surface area contributed by atoms with E-state index in [1.165, 1.54) is 47.4 Å². The first kappa shape index (κ1) is 29.1. The molecule has 0 aliphatic carbocycles. The second-order valence-electron chi connectivity index (χ2n) is 8.84. The van der Waals surface area contributed by atoms with Gasteiger partial charge < -0.3 is 9.80 Å². The van der Waals surface area contributed by atoms with E-state index in [-0.39, 0.29) is 41.7 Å². The lowest BCUT2D eigenvalue weighted by molar-refractivity contribution is -0.137. The Morgan fingerprint density at radius 1 is 0.923 bits per heavy atom. The van der Waals surface area contributed by atoms with Gasteiger partial charge in [0.2, 0.25) is 15.9 Å². The predicted octanol–water partition coefficient (Wildman–Crippen LogP) is 5.69. The number of alkyl halides is 3. The summed E-state index contributed by atoms with van der Waals surface area (Å²) >= 11 is 12.0. The fourth-order valence-electron chi connectivity index (χ4n) is 4.19. The summed E-state index contributed by atoms with van der Waals surface area (Å²) < 4.78 is 81.7. The monoisotopic (exact) mass is 603 g/mol. The molecule has 0 spiro atoms. The smallest absolute Gasteiger partial charge is 0.368 e. The van der Waals surface area contributed by atoms with Crippen molar-refractivity contribution in [2.75, 3.05) is 37.6 Å². The van der Waals surface area contributed by atoms with Gasteiger partial charge in [0.05, 0.1) is 17.0 Å². The van der Waals surface area contributed by atoms with Crippen LogP contribution in [-0.4, -0.2) is 56.3 Å². The SMILES string of the molecule is O=C(CN(Cc1c(F)cccc1Cl)S(=O)(=O)c1ccc(Cl)cc1)N1CCN(c2cccc(C(F)(F)F)c2)CC1. The molecule has 6 nitrogen and oxygen atoms in total. The van der Waals surface area contributed by atoms with E-state index in [1.807, 2.05) is 0 Å². The van der Waals surface area contributed by atoms with Gasteiger partial charge in [0.15, 0.2) is 0 Å². The molecule has 1 aliphatic heterocycles. The van der Waals surface area contributed by atoms with Crippen molar-refractivity contribution >= 4 is 44.8 Å². The molecule has 0 unspecified atom stereocenters. The van der Waals surface area contributed by atoms with Crippen LogP contribution < -0.4 is 4.90 Å². The Bertz CT molecular complexity index is 1430. The highest BCUT2D eigenvalue weighted by atomic mass is 35.5. The third-order valence-corrected chi connectivity index (χ3v) is 8.74. The zero-order chi connectivity index (χ0) is 28.4. The molecule has 0 saturated carbocycles. The Hall–Kier alpha value is -2.86. The molecule has 1 aliphatic rings. The number of piperazine rings is 1. The van der Waals surface area contributed by atoms with E-state index in [0.717, 1.165) is 22.5 Å². The van der Waals surface area contributed by atoms with E-state index in [1.54, 1.807) is 11.0 Å². The highest BCUT2D eigenvalue weighted by Crippen LogP contribution is 2.32. The molecule has 3 aromatic carbocycles. The normalized spacial score (nSPS) is 14.6. The number of rotatable bonds is 7. The predicted molar refractivity (Wildman–Crippen MR) is 141 cm³/mol. The van der Waals surface area contributed by atoms with Gasteiger partial charge in [0.1, 0.15) is 5.82 Å². The van der Waals surface area contributed by atoms with Gasteiger partial charge in [0.25, 0.3) is 0 Å². The number of carbonyl (C=O) groups is 1. The van der Waals surface area contributed by atoms with E-state index >= 15 is 0 Å². The summed E-state index contributed by atoms with van der Waals surface area (Å²) in [4.78, 5) is 16.2. The Morgan fingerprint density at radius 3 is 2.18 bits per heavy atom. The van der Waals surface area contributed by atoms with Crippen LogP contribution >= 0.6 is 23.2 Å². The van der Waals surface area contributed by atoms with Gasteiger partial charge in [-0.15, -0.1) is 0 Å². The number of hydrogen-bond acceptors (Lipinski definition) is 4. The Balaban J connectivity index is 1.52. The fraction of sp³-hybridized carbons (Fsp3) is 0.269. The van der Waals surface area contributed by atoms with Gasteiger partial charge in [0, 0.05) is 54.0 Å². The zero-order valence-corrected chi connectivity index (χ0v) is 22.7. The third-order valence-electron chi connectivity index (χ3n) is 6.33. The first-order valence-electron chi connectivity index (χ1n) is 11.7. The number of benzene rings is 3. The number of anilines is 1. The molecule has 0 atom stereocenters. The Labute approximate surface area is 233 Å². The van der Waals surface area contributed by atoms with Gasteiger partial charge in [-0.05, 0) is 54.6 Å². The lowest BCUT2D eigenvalue weighted by Crippen LogP contribution is -2.51. The van der Waals surface area contributed by atoms with Crippen LogP contribution in [0.1, 0.15) is 11.1 Å². The number of amides is 1. The number of nitrogens with zero attached hydrogens (tertiary/aromatic N) is 3. The summed E-state index contributed by atoms with van der Waals surface area (Å²) in [5.74, 6) is -1.26. The maximum atomic E-state index is 14.6. The molecule has 0 aromatic heterocycles. The molecular weight excluding hydrogens is 581 g/mol. The minimum absolute atomic E-state index is 0.00783. The third kappa shape index (κ3) is 6.84. The van der Waals surface area contributed by atoms with Crippen LogP contribution in [0, 0.1) is 5.82 Å². The van der Waals surface area contributed by atoms with Crippen LogP contribution in [0.4, 0.5) is 23.2 Å². The first-order chi connectivity index (χ1) is 18.4. The topological polar surface area (TPSA) is 60.9 Å². The Morgan fingerprint density at radius 2 is 1.56 bits per heavy atom. The quantitative estimate of drug-likeness (QED) is 0.326. The van der Waals surface area contributed by atoms with Crippen LogP contribution in [0.15, 0.2) is 71.6 Å². The van der Waals surface area contributed by atoms with Crippen molar-refractivity contribution in [3.8, 4) is 0 Å². The fourth-order valence-corrected chi connectivity index (χ4v) is 5.89. The van der Waals surface area contributed by atoms with E-state index in [9.17, 15) is 30.8 Å². The van der Waals surface area contributed by atoms with Crippen LogP contribution in [0.2, 0.25) is 10.0 Å². The highest BCUT2D eigenvalue weighted by Gasteiger charge is 2.33. The molecule has 0 radical (unpaired) electrons. The van der Waals surface area contributed by atoms with Gasteiger partial charge in [-0.2, -0.15) is 17.5 Å². The van der Waals surface area contributed by atoms with Crippen LogP contribution in [0.25, 0.3) is 0 Å². The molecule has 0 bridgehead atoms. The lowest BCUT2D eigenvalue weighted by Gasteiger charge is -2.37. The van der Waals surface area contributed by atoms with Crippen molar-refractivity contribution in [1.82, 2.24) is 9.21 Å². The van der Waals surface area contributed by atoms with E-state index in [2.05, 4.69) is 0 Å². The second kappa shape index (κ2) is 11.7. The molecule has 13 heteroatoms. The number of halogens is 6. The molecule has 1 amide bonds. The first-order valence-corrected chi connectivity index (χ1v) is 13.9. The van der Waals surface area contributed by atoms with Crippen molar-refractivity contribution in [2.24, 2.45) is 0 Å². The molecule has 208 valence electrons. The summed E-state index contributed by atoms with van der Waals surface area (Å²) in [6, 6.07) is 14.2. The van der Waals surface area contributed by atoms with Crippen molar-refractivity contribution in [3.63, 3.8) is 0 Å². The summed E-state index contributed by atoms with van der Waals surface area (Å²) in [6.45, 7) is -0.285. The van der Waals surface area contributed by atoms with Gasteiger partial charge in [-0.25, -0.2) is 12.8 Å². The summed E-state index contributed by atoms with van der Waals surface area (Å²) in [5, 5.41) is 0.320. The van der Waals surface area contributed by atoms with Crippen LogP contribution in [0.3, 0.4) is 0 Å². The number of carbonyl (C=O) groups excluding carboxylic acids is 1. The average molecular weight is 604 g/mol. The molecule has 1 fully saturated rings. The maximum absolute atomic E-state index is 14.6. The van der Waals surface area contributed by atoms with Crippen molar-refractivity contribution < 1.29 is 30.8 Å². The standard InChI is InChI=1S/C26H23Cl2F4N3O3S/c27-19-7-9-21(10-8-19)39(37,38)35(16-22-23(28)5-2-6-24(22)29)17-25(36)34-13-11-33(12-14-34)20-4-1-3-18(15-20)26(30,31)32/h1-10,15H,11-14,16-17H2. The minimum Gasteiger partial charge on any atom is -0.368 e. The van der Waals surface area contributed by atoms with E-state index in [4.69, 9.17) is 23.2 Å². The summed E-state index contributed by atoms with van der Waals surface area (Å²) in [7, 11) is -4.27. The van der Waals surface area contributed by atoms with Crippen LogP contribution in [-0.2, 0) is 27.5 Å². The lowest BCUT2D eigenvalue weighted by atomic mass is 10.1. The second-order valence-corrected chi connectivity index (χ2v) is 11.6. The maximum Gasteiger partial charge on any atom is 0.416 e. The Kier molecular flexibility index (Phi) is 8.75. The van der Waals surface area contributed by atoms with Crippen LogP contribution in [0.5, 0.6) is 0 Å². The van der Waals surface area contributed by atoms with E-state index < -0.39 is 46.6 Å². The largest absolute Gasteiger partial charge is 0.416 e. The van der Waals surface area contributed by atoms with Gasteiger partial charge in [-0.1, -0.05) is 35.3 Å². The van der Waals surface area contributed by atoms with Gasteiger partial charge >= 0.3 is 6.18 Å². The molecule has 1 heterocycles. The van der Waals surface area contributed by atoms with E-state index in [0.29, 0.717) is 10.7 Å². The molecule has 0 N–H and O–H groups in total. The minimum atomic E-state index is -4.48. The summed E-state index contributed by atoms with van der Waals surface area (Å²) in [5.41, 5.74) is -0.481. The molecule has 39 heavy (non-hydrogen) atoms. The molecule has 1 saturated heterocycles. The highest BCUT2D eigenvalue weighted by molar-refractivity contribution is 7.89. The zero-order valence-electron chi connectivity index (χ0n) is 20.3. The average Bonchev–Trinajstić information content (AvgIpc) is 2.90. The molecule has 3 aromatic rings. The van der Waals surface area contributed by atoms with Crippen molar-refractivity contribution in [1.29, 1.82) is 0 Å². The van der Waals surface area contributed by atoms with Gasteiger partial charge in [-0.3, -0.25) is 4.79 Å². The summed E-state index contributed by atoms with van der Waals surface area (Å²) in [6.07, 6.45) is -4.48. The number of hydrogen-bond donors (Lipinski definition) is 0. The number of sulfonamides is 1. The van der Waals surface area contributed by atoms with Crippen molar-refractivity contribution in [3.05, 3.63) is 93.7 Å².